The first kappa shape index (κ1) is 11.5. The van der Waals surface area contributed by atoms with Crippen LogP contribution in [0.4, 0.5) is 0 Å². The summed E-state index contributed by atoms with van der Waals surface area (Å²) in [6, 6.07) is 9.19. The SMILES string of the molecule is CCSc1ccc(CNC2CC2)cc1C#N. The minimum absolute atomic E-state index is 0.718. The van der Waals surface area contributed by atoms with Gasteiger partial charge in [-0.15, -0.1) is 11.8 Å². The van der Waals surface area contributed by atoms with E-state index in [0.717, 1.165) is 28.8 Å². The molecule has 0 unspecified atom stereocenters. The molecule has 16 heavy (non-hydrogen) atoms. The molecule has 0 heterocycles. The maximum atomic E-state index is 9.08. The van der Waals surface area contributed by atoms with Gasteiger partial charge in [-0.1, -0.05) is 13.0 Å². The zero-order valence-electron chi connectivity index (χ0n) is 9.49. The molecule has 0 atom stereocenters. The van der Waals surface area contributed by atoms with E-state index in [-0.39, 0.29) is 0 Å². The zero-order chi connectivity index (χ0) is 11.4. The maximum absolute atomic E-state index is 9.08. The van der Waals surface area contributed by atoms with Crippen LogP contribution in [0.15, 0.2) is 23.1 Å². The van der Waals surface area contributed by atoms with Crippen LogP contribution >= 0.6 is 11.8 Å². The van der Waals surface area contributed by atoms with Gasteiger partial charge in [-0.05, 0) is 36.3 Å². The van der Waals surface area contributed by atoms with Gasteiger partial charge < -0.3 is 5.32 Å². The third-order valence-corrected chi connectivity index (χ3v) is 3.59. The number of rotatable bonds is 5. The lowest BCUT2D eigenvalue weighted by atomic mass is 10.1. The Bertz CT molecular complexity index is 405. The molecule has 1 aromatic rings. The van der Waals surface area contributed by atoms with Gasteiger partial charge in [-0.25, -0.2) is 0 Å². The fraction of sp³-hybridized carbons (Fsp3) is 0.462. The molecule has 0 aromatic heterocycles. The number of nitrogens with zero attached hydrogens (tertiary/aromatic N) is 1. The molecule has 1 aliphatic rings. The Morgan fingerprint density at radius 3 is 2.94 bits per heavy atom. The number of hydrogen-bond donors (Lipinski definition) is 1. The first-order chi connectivity index (χ1) is 7.83. The van der Waals surface area contributed by atoms with E-state index in [4.69, 9.17) is 5.26 Å². The molecule has 0 radical (unpaired) electrons. The first-order valence-electron chi connectivity index (χ1n) is 5.72. The Hall–Kier alpha value is -0.980. The van der Waals surface area contributed by atoms with E-state index in [0.29, 0.717) is 0 Å². The van der Waals surface area contributed by atoms with Gasteiger partial charge in [0.05, 0.1) is 5.56 Å². The second-order valence-electron chi connectivity index (χ2n) is 4.03. The van der Waals surface area contributed by atoms with Crippen LogP contribution in [0.5, 0.6) is 0 Å². The predicted molar refractivity (Wildman–Crippen MR) is 67.4 cm³/mol. The molecule has 1 N–H and O–H groups in total. The van der Waals surface area contributed by atoms with Gasteiger partial charge in [-0.3, -0.25) is 0 Å². The summed E-state index contributed by atoms with van der Waals surface area (Å²) in [6.45, 7) is 2.99. The molecule has 2 nitrogen and oxygen atoms in total. The number of thioether (sulfide) groups is 1. The van der Waals surface area contributed by atoms with Crippen molar-refractivity contribution in [1.82, 2.24) is 5.32 Å². The summed E-state index contributed by atoms with van der Waals surface area (Å²) in [7, 11) is 0. The Morgan fingerprint density at radius 2 is 2.31 bits per heavy atom. The van der Waals surface area contributed by atoms with E-state index in [9.17, 15) is 0 Å². The smallest absolute Gasteiger partial charge is 0.100 e. The molecular formula is C13H16N2S. The van der Waals surface area contributed by atoms with Gasteiger partial charge in [0.2, 0.25) is 0 Å². The van der Waals surface area contributed by atoms with Crippen molar-refractivity contribution in [3.05, 3.63) is 29.3 Å². The van der Waals surface area contributed by atoms with E-state index >= 15 is 0 Å². The number of hydrogen-bond acceptors (Lipinski definition) is 3. The molecule has 0 aliphatic heterocycles. The summed E-state index contributed by atoms with van der Waals surface area (Å²) in [6.07, 6.45) is 2.60. The van der Waals surface area contributed by atoms with Crippen LogP contribution in [0.1, 0.15) is 30.9 Å². The average Bonchev–Trinajstić information content (AvgIpc) is 3.12. The van der Waals surface area contributed by atoms with Gasteiger partial charge in [-0.2, -0.15) is 5.26 Å². The molecule has 2 rings (SSSR count). The van der Waals surface area contributed by atoms with Gasteiger partial charge in [0.15, 0.2) is 0 Å². The normalized spacial score (nSPS) is 14.8. The van der Waals surface area contributed by atoms with Gasteiger partial charge in [0.25, 0.3) is 0 Å². The van der Waals surface area contributed by atoms with Crippen molar-refractivity contribution < 1.29 is 0 Å². The van der Waals surface area contributed by atoms with Gasteiger partial charge in [0.1, 0.15) is 6.07 Å². The Kier molecular flexibility index (Phi) is 3.87. The van der Waals surface area contributed by atoms with Crippen LogP contribution < -0.4 is 5.32 Å². The lowest BCUT2D eigenvalue weighted by Gasteiger charge is -2.06. The van der Waals surface area contributed by atoms with Crippen molar-refractivity contribution in [3.8, 4) is 6.07 Å². The summed E-state index contributed by atoms with van der Waals surface area (Å²) in [4.78, 5) is 1.10. The molecule has 84 valence electrons. The Labute approximate surface area is 101 Å². The van der Waals surface area contributed by atoms with Gasteiger partial charge in [0, 0.05) is 17.5 Å². The highest BCUT2D eigenvalue weighted by Crippen LogP contribution is 2.24. The summed E-state index contributed by atoms with van der Waals surface area (Å²) < 4.78 is 0. The fourth-order valence-electron chi connectivity index (χ4n) is 1.61. The molecule has 0 saturated heterocycles. The quantitative estimate of drug-likeness (QED) is 0.793. The summed E-state index contributed by atoms with van der Waals surface area (Å²) in [5.41, 5.74) is 2.02. The van der Waals surface area contributed by atoms with Crippen LogP contribution in [0.25, 0.3) is 0 Å². The highest BCUT2D eigenvalue weighted by molar-refractivity contribution is 7.99. The third kappa shape index (κ3) is 3.01. The standard InChI is InChI=1S/C13H16N2S/c1-2-16-13-6-3-10(7-11(13)8-14)9-15-12-4-5-12/h3,6-7,12,15H,2,4-5,9H2,1H3. The molecule has 1 aromatic carbocycles. The van der Waals surface area contributed by atoms with Crippen LogP contribution in [-0.4, -0.2) is 11.8 Å². The van der Waals surface area contributed by atoms with Gasteiger partial charge >= 0.3 is 0 Å². The summed E-state index contributed by atoms with van der Waals surface area (Å²) >= 11 is 1.73. The van der Waals surface area contributed by atoms with Crippen LogP contribution in [0, 0.1) is 11.3 Å². The number of nitriles is 1. The lowest BCUT2D eigenvalue weighted by molar-refractivity contribution is 0.687. The Morgan fingerprint density at radius 1 is 1.50 bits per heavy atom. The second-order valence-corrected chi connectivity index (χ2v) is 5.34. The second kappa shape index (κ2) is 5.38. The maximum Gasteiger partial charge on any atom is 0.100 e. The van der Waals surface area contributed by atoms with Crippen LogP contribution in [0.2, 0.25) is 0 Å². The molecule has 1 aliphatic carbocycles. The van der Waals surface area contributed by atoms with E-state index in [1.165, 1.54) is 18.4 Å². The monoisotopic (exact) mass is 232 g/mol. The number of nitrogens with one attached hydrogen (secondary N) is 1. The zero-order valence-corrected chi connectivity index (χ0v) is 10.3. The van der Waals surface area contributed by atoms with E-state index in [1.54, 1.807) is 11.8 Å². The van der Waals surface area contributed by atoms with E-state index in [2.05, 4.69) is 30.4 Å². The fourth-order valence-corrected chi connectivity index (χ4v) is 2.34. The summed E-state index contributed by atoms with van der Waals surface area (Å²) in [5.74, 6) is 1.01. The van der Waals surface area contributed by atoms with Crippen molar-refractivity contribution in [1.29, 1.82) is 5.26 Å². The van der Waals surface area contributed by atoms with E-state index in [1.807, 2.05) is 6.07 Å². The van der Waals surface area contributed by atoms with Crippen molar-refractivity contribution in [2.75, 3.05) is 5.75 Å². The van der Waals surface area contributed by atoms with Crippen molar-refractivity contribution in [2.45, 2.75) is 37.2 Å². The highest BCUT2D eigenvalue weighted by Gasteiger charge is 2.19. The average molecular weight is 232 g/mol. The van der Waals surface area contributed by atoms with Crippen molar-refractivity contribution in [3.63, 3.8) is 0 Å². The molecule has 0 bridgehead atoms. The molecular weight excluding hydrogens is 216 g/mol. The van der Waals surface area contributed by atoms with Crippen LogP contribution in [0.3, 0.4) is 0 Å². The number of benzene rings is 1. The lowest BCUT2D eigenvalue weighted by Crippen LogP contribution is -2.15. The first-order valence-corrected chi connectivity index (χ1v) is 6.71. The topological polar surface area (TPSA) is 35.8 Å². The minimum Gasteiger partial charge on any atom is -0.310 e. The third-order valence-electron chi connectivity index (χ3n) is 2.64. The molecule has 3 heteroatoms. The molecule has 1 saturated carbocycles. The molecule has 0 amide bonds. The molecule has 0 spiro atoms. The largest absolute Gasteiger partial charge is 0.310 e. The van der Waals surface area contributed by atoms with E-state index < -0.39 is 0 Å². The molecule has 1 fully saturated rings. The van der Waals surface area contributed by atoms with Crippen molar-refractivity contribution >= 4 is 11.8 Å². The van der Waals surface area contributed by atoms with Crippen molar-refractivity contribution in [2.24, 2.45) is 0 Å². The highest BCUT2D eigenvalue weighted by atomic mass is 32.2. The minimum atomic E-state index is 0.718. The summed E-state index contributed by atoms with van der Waals surface area (Å²) in [5, 5.41) is 12.5. The predicted octanol–water partition coefficient (Wildman–Crippen LogP) is 2.92. The Balaban J connectivity index is 2.05. The van der Waals surface area contributed by atoms with Crippen LogP contribution in [-0.2, 0) is 6.54 Å².